The molecule has 0 radical (unpaired) electrons. The third-order valence-corrected chi connectivity index (χ3v) is 2.06. The molecular formula is C8H6BrF2NO. The summed E-state index contributed by atoms with van der Waals surface area (Å²) in [6, 6.07) is 2.04. The largest absolute Gasteiger partial charge is 0.394 e. The molecule has 0 aliphatic heterocycles. The van der Waals surface area contributed by atoms with Crippen LogP contribution in [0.2, 0.25) is 0 Å². The van der Waals surface area contributed by atoms with Gasteiger partial charge in [-0.2, -0.15) is 0 Å². The molecule has 5 heteroatoms. The Morgan fingerprint density at radius 2 is 2.08 bits per heavy atom. The zero-order valence-corrected chi connectivity index (χ0v) is 8.07. The Bertz CT molecular complexity index is 354. The van der Waals surface area contributed by atoms with Gasteiger partial charge in [0.25, 0.3) is 0 Å². The molecule has 0 saturated heterocycles. The van der Waals surface area contributed by atoms with Crippen molar-refractivity contribution in [3.05, 3.63) is 29.3 Å². The molecule has 70 valence electrons. The summed E-state index contributed by atoms with van der Waals surface area (Å²) in [5.74, 6) is -2.32. The highest BCUT2D eigenvalue weighted by Gasteiger charge is 2.15. The highest BCUT2D eigenvalue weighted by molar-refractivity contribution is 9.09. The molecule has 0 aliphatic carbocycles. The topological polar surface area (TPSA) is 43.1 Å². The van der Waals surface area contributed by atoms with Gasteiger partial charge in [-0.15, -0.1) is 0 Å². The molecule has 2 nitrogen and oxygen atoms in total. The summed E-state index contributed by atoms with van der Waals surface area (Å²) in [6.07, 6.45) is 0. The molecule has 0 atom stereocenters. The maximum Gasteiger partial charge on any atom is 0.176 e. The molecule has 13 heavy (non-hydrogen) atoms. The number of halogens is 3. The maximum absolute atomic E-state index is 13.1. The van der Waals surface area contributed by atoms with Crippen molar-refractivity contribution in [1.29, 1.82) is 0 Å². The minimum absolute atomic E-state index is 0.0189. The summed E-state index contributed by atoms with van der Waals surface area (Å²) >= 11 is 2.88. The average Bonchev–Trinajstić information content (AvgIpc) is 2.13. The number of hydrogen-bond acceptors (Lipinski definition) is 2. The molecule has 0 unspecified atom stereocenters. The van der Waals surface area contributed by atoms with Crippen LogP contribution in [-0.2, 0) is 0 Å². The van der Waals surface area contributed by atoms with Crippen molar-refractivity contribution in [1.82, 2.24) is 0 Å². The molecule has 0 aromatic heterocycles. The molecule has 1 aromatic rings. The molecular weight excluding hydrogens is 244 g/mol. The quantitative estimate of drug-likeness (QED) is 0.496. The number of anilines is 1. The van der Waals surface area contributed by atoms with Crippen LogP contribution < -0.4 is 5.73 Å². The Hall–Kier alpha value is -0.970. The number of alkyl halides is 1. The lowest BCUT2D eigenvalue weighted by atomic mass is 10.1. The Morgan fingerprint density at radius 1 is 1.46 bits per heavy atom. The summed E-state index contributed by atoms with van der Waals surface area (Å²) < 4.78 is 25.7. The fraction of sp³-hybridized carbons (Fsp3) is 0.125. The third-order valence-electron chi connectivity index (χ3n) is 1.55. The number of nitrogen functional groups attached to an aromatic ring is 1. The van der Waals surface area contributed by atoms with Crippen molar-refractivity contribution in [2.45, 2.75) is 0 Å². The van der Waals surface area contributed by atoms with Crippen molar-refractivity contribution in [3.63, 3.8) is 0 Å². The smallest absolute Gasteiger partial charge is 0.176 e. The van der Waals surface area contributed by atoms with Gasteiger partial charge in [0, 0.05) is 0 Å². The van der Waals surface area contributed by atoms with Crippen LogP contribution in [0.15, 0.2) is 12.1 Å². The lowest BCUT2D eigenvalue weighted by Crippen LogP contribution is -2.07. The van der Waals surface area contributed by atoms with Crippen LogP contribution in [0.4, 0.5) is 14.5 Å². The molecule has 0 aliphatic rings. The van der Waals surface area contributed by atoms with Gasteiger partial charge < -0.3 is 5.73 Å². The minimum Gasteiger partial charge on any atom is -0.394 e. The van der Waals surface area contributed by atoms with Gasteiger partial charge in [0.15, 0.2) is 11.6 Å². The molecule has 0 amide bonds. The number of carbonyl (C=O) groups is 1. The van der Waals surface area contributed by atoms with E-state index in [0.29, 0.717) is 0 Å². The Balaban J connectivity index is 3.26. The lowest BCUT2D eigenvalue weighted by Gasteiger charge is -2.03. The SMILES string of the molecule is Nc1c(F)ccc(C(=O)CBr)c1F. The van der Waals surface area contributed by atoms with Crippen LogP contribution in [-0.4, -0.2) is 11.1 Å². The minimum atomic E-state index is -0.996. The van der Waals surface area contributed by atoms with Gasteiger partial charge >= 0.3 is 0 Å². The van der Waals surface area contributed by atoms with E-state index in [2.05, 4.69) is 15.9 Å². The fourth-order valence-corrected chi connectivity index (χ4v) is 1.16. The Morgan fingerprint density at radius 3 is 2.62 bits per heavy atom. The van der Waals surface area contributed by atoms with E-state index in [9.17, 15) is 13.6 Å². The van der Waals surface area contributed by atoms with Crippen LogP contribution in [0.5, 0.6) is 0 Å². The first-order chi connectivity index (χ1) is 6.07. The number of ketones is 1. The highest BCUT2D eigenvalue weighted by atomic mass is 79.9. The molecule has 0 spiro atoms. The van der Waals surface area contributed by atoms with Gasteiger partial charge in [-0.3, -0.25) is 4.79 Å². The number of carbonyl (C=O) groups excluding carboxylic acids is 1. The van der Waals surface area contributed by atoms with Crippen molar-refractivity contribution in [3.8, 4) is 0 Å². The van der Waals surface area contributed by atoms with Gasteiger partial charge in [-0.05, 0) is 12.1 Å². The van der Waals surface area contributed by atoms with Gasteiger partial charge in [-0.25, -0.2) is 8.78 Å². The predicted molar refractivity (Wildman–Crippen MR) is 48.9 cm³/mol. The predicted octanol–water partition coefficient (Wildman–Crippen LogP) is 2.12. The summed E-state index contributed by atoms with van der Waals surface area (Å²) in [7, 11) is 0. The number of nitrogens with two attached hydrogens (primary N) is 1. The van der Waals surface area contributed by atoms with Gasteiger partial charge in [0.2, 0.25) is 0 Å². The van der Waals surface area contributed by atoms with Crippen LogP contribution in [0.1, 0.15) is 10.4 Å². The second kappa shape index (κ2) is 3.83. The van der Waals surface area contributed by atoms with Crippen molar-refractivity contribution in [2.24, 2.45) is 0 Å². The van der Waals surface area contributed by atoms with Crippen LogP contribution in [0.25, 0.3) is 0 Å². The van der Waals surface area contributed by atoms with E-state index < -0.39 is 23.1 Å². The summed E-state index contributed by atoms with van der Waals surface area (Å²) in [5, 5.41) is -0.0189. The molecule has 2 N–H and O–H groups in total. The van der Waals surface area contributed by atoms with Gasteiger partial charge in [0.05, 0.1) is 10.9 Å². The zero-order chi connectivity index (χ0) is 10.0. The standard InChI is InChI=1S/C8H6BrF2NO/c9-3-6(13)4-1-2-5(10)8(12)7(4)11/h1-2H,3,12H2. The third kappa shape index (κ3) is 1.85. The van der Waals surface area contributed by atoms with E-state index in [1.807, 2.05) is 0 Å². The number of Topliss-reactive ketones (excluding diaryl/α,β-unsaturated/α-hetero) is 1. The van der Waals surface area contributed by atoms with Crippen LogP contribution in [0.3, 0.4) is 0 Å². The Labute approximate surface area is 81.9 Å². The molecule has 0 saturated carbocycles. The molecule has 1 rings (SSSR count). The van der Waals surface area contributed by atoms with E-state index in [-0.39, 0.29) is 10.9 Å². The van der Waals surface area contributed by atoms with E-state index in [0.717, 1.165) is 12.1 Å². The fourth-order valence-electron chi connectivity index (χ4n) is 0.857. The number of benzene rings is 1. The first kappa shape index (κ1) is 10.1. The Kier molecular flexibility index (Phi) is 2.98. The summed E-state index contributed by atoms with van der Waals surface area (Å²) in [6.45, 7) is 0. The van der Waals surface area contributed by atoms with Gasteiger partial charge in [0.1, 0.15) is 11.5 Å². The van der Waals surface area contributed by atoms with E-state index in [1.165, 1.54) is 0 Å². The average molecular weight is 250 g/mol. The number of hydrogen-bond donors (Lipinski definition) is 1. The van der Waals surface area contributed by atoms with Crippen molar-refractivity contribution >= 4 is 27.4 Å². The van der Waals surface area contributed by atoms with Crippen LogP contribution >= 0.6 is 15.9 Å². The van der Waals surface area contributed by atoms with Crippen molar-refractivity contribution < 1.29 is 13.6 Å². The lowest BCUT2D eigenvalue weighted by molar-refractivity contribution is 0.102. The summed E-state index contributed by atoms with van der Waals surface area (Å²) in [5.41, 5.74) is 4.24. The zero-order valence-electron chi connectivity index (χ0n) is 6.48. The van der Waals surface area contributed by atoms with Crippen molar-refractivity contribution in [2.75, 3.05) is 11.1 Å². The molecule has 1 aromatic carbocycles. The van der Waals surface area contributed by atoms with E-state index in [1.54, 1.807) is 0 Å². The summed E-state index contributed by atoms with van der Waals surface area (Å²) in [4.78, 5) is 11.0. The normalized spacial score (nSPS) is 10.1. The second-order valence-electron chi connectivity index (χ2n) is 2.38. The number of rotatable bonds is 2. The molecule has 0 bridgehead atoms. The van der Waals surface area contributed by atoms with Crippen LogP contribution in [0, 0.1) is 11.6 Å². The monoisotopic (exact) mass is 249 g/mol. The van der Waals surface area contributed by atoms with Gasteiger partial charge in [-0.1, -0.05) is 15.9 Å². The molecule has 0 heterocycles. The van der Waals surface area contributed by atoms with E-state index in [4.69, 9.17) is 5.73 Å². The molecule has 0 fully saturated rings. The second-order valence-corrected chi connectivity index (χ2v) is 2.94. The first-order valence-electron chi connectivity index (χ1n) is 3.40. The maximum atomic E-state index is 13.1. The highest BCUT2D eigenvalue weighted by Crippen LogP contribution is 2.19. The first-order valence-corrected chi connectivity index (χ1v) is 4.52. The van der Waals surface area contributed by atoms with E-state index >= 15 is 0 Å².